The van der Waals surface area contributed by atoms with Crippen LogP contribution in [0.2, 0.25) is 0 Å². The van der Waals surface area contributed by atoms with Gasteiger partial charge in [0, 0.05) is 38.9 Å². The van der Waals surface area contributed by atoms with Crippen LogP contribution in [0.4, 0.5) is 19.0 Å². The second kappa shape index (κ2) is 8.60. The summed E-state index contributed by atoms with van der Waals surface area (Å²) < 4.78 is 38.2. The molecule has 1 fully saturated rings. The topological polar surface area (TPSA) is 48.5 Å². The second-order valence-electron chi connectivity index (χ2n) is 6.90. The number of likely N-dealkylation sites (N-methyl/N-ethyl adjacent to an activating group) is 1. The Balaban J connectivity index is 1.51. The second-order valence-corrected chi connectivity index (χ2v) is 6.90. The quantitative estimate of drug-likeness (QED) is 0.850. The summed E-state index contributed by atoms with van der Waals surface area (Å²) in [5.74, 6) is 0.554. The van der Waals surface area contributed by atoms with Gasteiger partial charge in [-0.1, -0.05) is 18.2 Å². The van der Waals surface area contributed by atoms with Gasteiger partial charge < -0.3 is 15.1 Å². The molecule has 5 nitrogen and oxygen atoms in total. The predicted octanol–water partition coefficient (Wildman–Crippen LogP) is 2.82. The van der Waals surface area contributed by atoms with Crippen molar-refractivity contribution in [2.75, 3.05) is 44.7 Å². The number of carbonyl (C=O) groups excluding carboxylic acids is 1. The van der Waals surface area contributed by atoms with Crippen LogP contribution in [0.1, 0.15) is 21.5 Å². The largest absolute Gasteiger partial charge is 0.416 e. The molecule has 8 heteroatoms. The Kier molecular flexibility index (Phi) is 6.18. The van der Waals surface area contributed by atoms with Crippen molar-refractivity contribution < 1.29 is 18.0 Å². The predicted molar refractivity (Wildman–Crippen MR) is 101 cm³/mol. The summed E-state index contributed by atoms with van der Waals surface area (Å²) in [7, 11) is 2.08. The minimum Gasteiger partial charge on any atom is -0.354 e. The molecule has 3 rings (SSSR count). The van der Waals surface area contributed by atoms with Crippen LogP contribution in [0.25, 0.3) is 0 Å². The van der Waals surface area contributed by atoms with E-state index in [9.17, 15) is 18.0 Å². The SMILES string of the molecule is CN1CCN(c2ccc(C(=O)NCCc3cccc(C(F)(F)F)c3)cn2)CC1. The van der Waals surface area contributed by atoms with Crippen LogP contribution in [0, 0.1) is 0 Å². The van der Waals surface area contributed by atoms with Crippen molar-refractivity contribution in [3.63, 3.8) is 0 Å². The number of benzene rings is 1. The highest BCUT2D eigenvalue weighted by Gasteiger charge is 2.30. The van der Waals surface area contributed by atoms with E-state index in [-0.39, 0.29) is 12.5 Å². The molecule has 1 aliphatic heterocycles. The third-order valence-corrected chi connectivity index (χ3v) is 4.79. The lowest BCUT2D eigenvalue weighted by atomic mass is 10.1. The van der Waals surface area contributed by atoms with Crippen molar-refractivity contribution in [1.82, 2.24) is 15.2 Å². The molecule has 0 bridgehead atoms. The number of anilines is 1. The highest BCUT2D eigenvalue weighted by atomic mass is 19.4. The first-order valence-electron chi connectivity index (χ1n) is 9.17. The molecule has 1 N–H and O–H groups in total. The average molecular weight is 392 g/mol. The fraction of sp³-hybridized carbons (Fsp3) is 0.400. The van der Waals surface area contributed by atoms with Crippen LogP contribution >= 0.6 is 0 Å². The first kappa shape index (κ1) is 20.1. The number of pyridine rings is 1. The fourth-order valence-corrected chi connectivity index (χ4v) is 3.07. The standard InChI is InChI=1S/C20H23F3N4O/c1-26-9-11-27(12-10-26)18-6-5-16(14-25-18)19(28)24-8-7-15-3-2-4-17(13-15)20(21,22)23/h2-6,13-14H,7-12H2,1H3,(H,24,28). The highest BCUT2D eigenvalue weighted by molar-refractivity contribution is 5.94. The molecule has 150 valence electrons. The maximum absolute atomic E-state index is 12.7. The zero-order valence-electron chi connectivity index (χ0n) is 15.7. The van der Waals surface area contributed by atoms with Gasteiger partial charge in [-0.2, -0.15) is 13.2 Å². The Morgan fingerprint density at radius 2 is 1.89 bits per heavy atom. The lowest BCUT2D eigenvalue weighted by Gasteiger charge is -2.33. The van der Waals surface area contributed by atoms with Crippen molar-refractivity contribution in [3.8, 4) is 0 Å². The third-order valence-electron chi connectivity index (χ3n) is 4.79. The number of aromatic nitrogens is 1. The number of hydrogen-bond acceptors (Lipinski definition) is 4. The molecule has 28 heavy (non-hydrogen) atoms. The van der Waals surface area contributed by atoms with Gasteiger partial charge in [-0.25, -0.2) is 4.98 Å². The van der Waals surface area contributed by atoms with E-state index in [4.69, 9.17) is 0 Å². The molecular formula is C20H23F3N4O. The van der Waals surface area contributed by atoms with Crippen LogP contribution in [0.15, 0.2) is 42.6 Å². The van der Waals surface area contributed by atoms with Crippen LogP contribution in [0.3, 0.4) is 0 Å². The molecule has 1 amide bonds. The molecular weight excluding hydrogens is 369 g/mol. The summed E-state index contributed by atoms with van der Waals surface area (Å²) in [6.45, 7) is 3.98. The molecule has 0 radical (unpaired) electrons. The number of amides is 1. The van der Waals surface area contributed by atoms with Crippen LogP contribution in [-0.2, 0) is 12.6 Å². The van der Waals surface area contributed by atoms with Gasteiger partial charge in [0.1, 0.15) is 5.82 Å². The number of piperazine rings is 1. The van der Waals surface area contributed by atoms with Crippen molar-refractivity contribution >= 4 is 11.7 Å². The Morgan fingerprint density at radius 1 is 1.14 bits per heavy atom. The van der Waals surface area contributed by atoms with Gasteiger partial charge in [0.05, 0.1) is 11.1 Å². The molecule has 2 aromatic rings. The number of rotatable bonds is 5. The maximum Gasteiger partial charge on any atom is 0.416 e. The molecule has 0 spiro atoms. The fourth-order valence-electron chi connectivity index (χ4n) is 3.07. The number of alkyl halides is 3. The zero-order valence-corrected chi connectivity index (χ0v) is 15.7. The molecule has 1 aromatic carbocycles. The number of halogens is 3. The third kappa shape index (κ3) is 5.22. The number of carbonyl (C=O) groups is 1. The van der Waals surface area contributed by atoms with Gasteiger partial charge in [-0.3, -0.25) is 4.79 Å². The van der Waals surface area contributed by atoms with E-state index in [2.05, 4.69) is 27.1 Å². The summed E-state index contributed by atoms with van der Waals surface area (Å²) >= 11 is 0. The normalized spacial score (nSPS) is 15.5. The van der Waals surface area contributed by atoms with E-state index in [0.29, 0.717) is 17.5 Å². The number of nitrogens with zero attached hydrogens (tertiary/aromatic N) is 3. The lowest BCUT2D eigenvalue weighted by molar-refractivity contribution is -0.137. The Labute approximate surface area is 162 Å². The Hall–Kier alpha value is -2.61. The highest BCUT2D eigenvalue weighted by Crippen LogP contribution is 2.29. The van der Waals surface area contributed by atoms with E-state index in [0.717, 1.165) is 44.1 Å². The van der Waals surface area contributed by atoms with E-state index in [1.54, 1.807) is 12.1 Å². The molecule has 1 aromatic heterocycles. The Morgan fingerprint density at radius 3 is 2.54 bits per heavy atom. The van der Waals surface area contributed by atoms with Crippen molar-refractivity contribution in [2.24, 2.45) is 0 Å². The van der Waals surface area contributed by atoms with Crippen LogP contribution < -0.4 is 10.2 Å². The average Bonchev–Trinajstić information content (AvgIpc) is 2.68. The molecule has 0 aliphatic carbocycles. The van der Waals surface area contributed by atoms with Crippen LogP contribution in [0.5, 0.6) is 0 Å². The smallest absolute Gasteiger partial charge is 0.354 e. The van der Waals surface area contributed by atoms with Gasteiger partial charge in [0.2, 0.25) is 0 Å². The van der Waals surface area contributed by atoms with Crippen molar-refractivity contribution in [3.05, 3.63) is 59.3 Å². The molecule has 1 saturated heterocycles. The number of hydrogen-bond donors (Lipinski definition) is 1. The zero-order chi connectivity index (χ0) is 20.1. The van der Waals surface area contributed by atoms with Gasteiger partial charge in [0.15, 0.2) is 0 Å². The lowest BCUT2D eigenvalue weighted by Crippen LogP contribution is -2.44. The minimum atomic E-state index is -4.36. The first-order valence-corrected chi connectivity index (χ1v) is 9.17. The van der Waals surface area contributed by atoms with E-state index < -0.39 is 11.7 Å². The molecule has 0 unspecified atom stereocenters. The van der Waals surface area contributed by atoms with Gasteiger partial charge >= 0.3 is 6.18 Å². The summed E-state index contributed by atoms with van der Waals surface area (Å²) in [6.07, 6.45) is -2.51. The van der Waals surface area contributed by atoms with Gasteiger partial charge in [0.25, 0.3) is 5.91 Å². The van der Waals surface area contributed by atoms with E-state index >= 15 is 0 Å². The minimum absolute atomic E-state index is 0.250. The first-order chi connectivity index (χ1) is 13.3. The monoisotopic (exact) mass is 392 g/mol. The maximum atomic E-state index is 12.7. The van der Waals surface area contributed by atoms with Gasteiger partial charge in [-0.05, 0) is 37.2 Å². The summed E-state index contributed by atoms with van der Waals surface area (Å²) in [5.41, 5.74) is 0.278. The molecule has 1 aliphatic rings. The van der Waals surface area contributed by atoms with E-state index in [1.165, 1.54) is 12.3 Å². The van der Waals surface area contributed by atoms with Gasteiger partial charge in [-0.15, -0.1) is 0 Å². The summed E-state index contributed by atoms with van der Waals surface area (Å²) in [6, 6.07) is 8.69. The van der Waals surface area contributed by atoms with Crippen molar-refractivity contribution in [2.45, 2.75) is 12.6 Å². The van der Waals surface area contributed by atoms with E-state index in [1.807, 2.05) is 6.07 Å². The summed E-state index contributed by atoms with van der Waals surface area (Å²) in [4.78, 5) is 21.0. The molecule has 0 saturated carbocycles. The summed E-state index contributed by atoms with van der Waals surface area (Å²) in [5, 5.41) is 2.73. The Bertz CT molecular complexity index is 800. The number of nitrogens with one attached hydrogen (secondary N) is 1. The molecule has 0 atom stereocenters. The van der Waals surface area contributed by atoms with Crippen molar-refractivity contribution in [1.29, 1.82) is 0 Å². The van der Waals surface area contributed by atoms with Crippen LogP contribution in [-0.4, -0.2) is 55.6 Å². The molecule has 2 heterocycles.